The largest absolute Gasteiger partial charge is 0.327 e. The van der Waals surface area contributed by atoms with E-state index in [-0.39, 0.29) is 11.8 Å². The van der Waals surface area contributed by atoms with Crippen LogP contribution in [-0.4, -0.2) is 26.5 Å². The first-order valence-corrected chi connectivity index (χ1v) is 8.38. The van der Waals surface area contributed by atoms with E-state index < -0.39 is 9.84 Å². The van der Waals surface area contributed by atoms with Crippen molar-refractivity contribution in [1.82, 2.24) is 0 Å². The van der Waals surface area contributed by atoms with Gasteiger partial charge in [-0.05, 0) is 37.5 Å². The fraction of sp³-hybridized carbons (Fsp3) is 1.00. The Balaban J connectivity index is 2.22. The Morgan fingerprint density at radius 2 is 1.81 bits per heavy atom. The molecule has 96 valence electrons. The van der Waals surface area contributed by atoms with Crippen LogP contribution in [0.4, 0.5) is 0 Å². The molecule has 1 unspecified atom stereocenters. The minimum absolute atomic E-state index is 0.203. The van der Waals surface area contributed by atoms with Gasteiger partial charge in [0.2, 0.25) is 0 Å². The van der Waals surface area contributed by atoms with Crippen molar-refractivity contribution in [2.75, 3.05) is 12.0 Å². The molecule has 0 radical (unpaired) electrons. The summed E-state index contributed by atoms with van der Waals surface area (Å²) < 4.78 is 22.0. The van der Waals surface area contributed by atoms with E-state index in [9.17, 15) is 8.42 Å². The van der Waals surface area contributed by atoms with Gasteiger partial charge in [-0.15, -0.1) is 0 Å². The third-order valence-corrected chi connectivity index (χ3v) is 4.75. The van der Waals surface area contributed by atoms with E-state index in [2.05, 4.69) is 6.92 Å². The molecule has 3 nitrogen and oxygen atoms in total. The zero-order chi connectivity index (χ0) is 12.2. The number of rotatable bonds is 5. The SMILES string of the molecule is CC1CCC(C(N)CCCS(C)(=O)=O)CC1. The van der Waals surface area contributed by atoms with Crippen LogP contribution >= 0.6 is 0 Å². The Bertz CT molecular complexity index is 292. The molecular formula is C12H25NO2S. The van der Waals surface area contributed by atoms with E-state index in [0.717, 1.165) is 12.3 Å². The molecule has 1 atom stereocenters. The van der Waals surface area contributed by atoms with Crippen LogP contribution in [0.5, 0.6) is 0 Å². The van der Waals surface area contributed by atoms with Crippen LogP contribution in [0.2, 0.25) is 0 Å². The van der Waals surface area contributed by atoms with E-state index in [1.54, 1.807) is 0 Å². The smallest absolute Gasteiger partial charge is 0.147 e. The van der Waals surface area contributed by atoms with Crippen LogP contribution in [0.15, 0.2) is 0 Å². The highest BCUT2D eigenvalue weighted by Gasteiger charge is 2.23. The molecule has 2 N–H and O–H groups in total. The Kier molecular flexibility index (Phi) is 5.25. The van der Waals surface area contributed by atoms with Gasteiger partial charge in [-0.3, -0.25) is 0 Å². The lowest BCUT2D eigenvalue weighted by atomic mass is 9.78. The van der Waals surface area contributed by atoms with Crippen LogP contribution in [0.1, 0.15) is 45.4 Å². The Morgan fingerprint density at radius 3 is 2.31 bits per heavy atom. The predicted molar refractivity (Wildman–Crippen MR) is 68.0 cm³/mol. The third-order valence-electron chi connectivity index (χ3n) is 3.72. The quantitative estimate of drug-likeness (QED) is 0.808. The Morgan fingerprint density at radius 1 is 1.25 bits per heavy atom. The zero-order valence-electron chi connectivity index (χ0n) is 10.5. The summed E-state index contributed by atoms with van der Waals surface area (Å²) >= 11 is 0. The lowest BCUT2D eigenvalue weighted by Gasteiger charge is -2.30. The molecule has 16 heavy (non-hydrogen) atoms. The van der Waals surface area contributed by atoms with E-state index in [0.29, 0.717) is 12.3 Å². The average Bonchev–Trinajstić information content (AvgIpc) is 2.16. The van der Waals surface area contributed by atoms with Crippen molar-refractivity contribution in [2.24, 2.45) is 17.6 Å². The second-order valence-electron chi connectivity index (χ2n) is 5.46. The molecule has 0 aromatic rings. The lowest BCUT2D eigenvalue weighted by molar-refractivity contribution is 0.247. The van der Waals surface area contributed by atoms with Crippen molar-refractivity contribution < 1.29 is 8.42 Å². The molecule has 1 aliphatic carbocycles. The fourth-order valence-electron chi connectivity index (χ4n) is 2.53. The molecule has 0 aromatic heterocycles. The topological polar surface area (TPSA) is 60.2 Å². The number of sulfone groups is 1. The van der Waals surface area contributed by atoms with Gasteiger partial charge in [0.15, 0.2) is 0 Å². The first-order valence-electron chi connectivity index (χ1n) is 6.32. The van der Waals surface area contributed by atoms with Crippen molar-refractivity contribution >= 4 is 9.84 Å². The van der Waals surface area contributed by atoms with Crippen LogP contribution < -0.4 is 5.73 Å². The normalized spacial score (nSPS) is 28.9. The zero-order valence-corrected chi connectivity index (χ0v) is 11.3. The standard InChI is InChI=1S/C12H25NO2S/c1-10-5-7-11(8-6-10)12(13)4-3-9-16(2,14)15/h10-12H,3-9,13H2,1-2H3. The van der Waals surface area contributed by atoms with Crippen molar-refractivity contribution in [3.63, 3.8) is 0 Å². The van der Waals surface area contributed by atoms with Crippen LogP contribution in [-0.2, 0) is 9.84 Å². The van der Waals surface area contributed by atoms with Gasteiger partial charge in [0, 0.05) is 18.1 Å². The molecule has 1 rings (SSSR count). The van der Waals surface area contributed by atoms with Gasteiger partial charge in [-0.1, -0.05) is 19.8 Å². The second-order valence-corrected chi connectivity index (χ2v) is 7.72. The first-order chi connectivity index (χ1) is 7.38. The maximum atomic E-state index is 11.0. The van der Waals surface area contributed by atoms with Gasteiger partial charge in [0.25, 0.3) is 0 Å². The van der Waals surface area contributed by atoms with E-state index in [1.807, 2.05) is 0 Å². The van der Waals surface area contributed by atoms with E-state index in [4.69, 9.17) is 5.73 Å². The summed E-state index contributed by atoms with van der Waals surface area (Å²) in [6.07, 6.45) is 7.87. The highest BCUT2D eigenvalue weighted by Crippen LogP contribution is 2.30. The highest BCUT2D eigenvalue weighted by molar-refractivity contribution is 7.90. The molecule has 1 aliphatic rings. The molecule has 0 bridgehead atoms. The fourth-order valence-corrected chi connectivity index (χ4v) is 3.22. The minimum Gasteiger partial charge on any atom is -0.327 e. The van der Waals surface area contributed by atoms with Crippen molar-refractivity contribution in [3.8, 4) is 0 Å². The monoisotopic (exact) mass is 247 g/mol. The summed E-state index contributed by atoms with van der Waals surface area (Å²) in [6, 6.07) is 0.203. The molecule has 0 amide bonds. The van der Waals surface area contributed by atoms with Gasteiger partial charge < -0.3 is 5.73 Å². The van der Waals surface area contributed by atoms with Gasteiger partial charge in [-0.2, -0.15) is 0 Å². The second kappa shape index (κ2) is 6.01. The molecule has 0 aliphatic heterocycles. The molecule has 0 aromatic carbocycles. The summed E-state index contributed by atoms with van der Waals surface area (Å²) in [7, 11) is -2.81. The molecule has 1 fully saturated rings. The van der Waals surface area contributed by atoms with Crippen LogP contribution in [0.25, 0.3) is 0 Å². The van der Waals surface area contributed by atoms with Crippen LogP contribution in [0, 0.1) is 11.8 Å². The summed E-state index contributed by atoms with van der Waals surface area (Å²) in [5.74, 6) is 1.75. The van der Waals surface area contributed by atoms with Crippen molar-refractivity contribution in [1.29, 1.82) is 0 Å². The molecule has 0 saturated heterocycles. The van der Waals surface area contributed by atoms with E-state index >= 15 is 0 Å². The van der Waals surface area contributed by atoms with Crippen molar-refractivity contribution in [3.05, 3.63) is 0 Å². The van der Waals surface area contributed by atoms with Gasteiger partial charge >= 0.3 is 0 Å². The molecular weight excluding hydrogens is 222 g/mol. The number of hydrogen-bond acceptors (Lipinski definition) is 3. The summed E-state index contributed by atoms with van der Waals surface area (Å²) in [4.78, 5) is 0. The van der Waals surface area contributed by atoms with Crippen LogP contribution in [0.3, 0.4) is 0 Å². The average molecular weight is 247 g/mol. The molecule has 0 heterocycles. The first kappa shape index (κ1) is 14.0. The summed E-state index contributed by atoms with van der Waals surface area (Å²) in [6.45, 7) is 2.30. The van der Waals surface area contributed by atoms with Crippen molar-refractivity contribution in [2.45, 2.75) is 51.5 Å². The maximum Gasteiger partial charge on any atom is 0.147 e. The summed E-state index contributed by atoms with van der Waals surface area (Å²) in [5.41, 5.74) is 6.13. The molecule has 0 spiro atoms. The lowest BCUT2D eigenvalue weighted by Crippen LogP contribution is -2.33. The third kappa shape index (κ3) is 5.30. The Hall–Kier alpha value is -0.0900. The van der Waals surface area contributed by atoms with Gasteiger partial charge in [0.05, 0.1) is 0 Å². The number of nitrogens with two attached hydrogens (primary N) is 1. The summed E-state index contributed by atoms with van der Waals surface area (Å²) in [5, 5.41) is 0. The highest BCUT2D eigenvalue weighted by atomic mass is 32.2. The molecule has 4 heteroatoms. The predicted octanol–water partition coefficient (Wildman–Crippen LogP) is 1.96. The maximum absolute atomic E-state index is 11.0. The van der Waals surface area contributed by atoms with Gasteiger partial charge in [-0.25, -0.2) is 8.42 Å². The van der Waals surface area contributed by atoms with Gasteiger partial charge in [0.1, 0.15) is 9.84 Å². The molecule has 1 saturated carbocycles. The minimum atomic E-state index is -2.81. The Labute approximate surface area is 99.7 Å². The van der Waals surface area contributed by atoms with E-state index in [1.165, 1.54) is 31.9 Å². The number of hydrogen-bond donors (Lipinski definition) is 1.